The summed E-state index contributed by atoms with van der Waals surface area (Å²) in [5, 5.41) is 0. The first-order valence-corrected chi connectivity index (χ1v) is 10.7. The number of carbonyl (C=O) groups excluding carboxylic acids is 1. The van der Waals surface area contributed by atoms with Gasteiger partial charge < -0.3 is 4.90 Å². The molecular formula is C20H22N2O3S. The molecule has 2 saturated heterocycles. The smallest absolute Gasteiger partial charge is 0.241 e. The zero-order valence-electron chi connectivity index (χ0n) is 14.5. The number of piperazine rings is 1. The minimum Gasteiger partial charge on any atom is -0.306 e. The number of sulfone groups is 1. The molecular weight excluding hydrogens is 348 g/mol. The van der Waals surface area contributed by atoms with Crippen LogP contribution >= 0.6 is 0 Å². The second kappa shape index (κ2) is 6.85. The number of hydrogen-bond donors (Lipinski definition) is 0. The van der Waals surface area contributed by atoms with Crippen LogP contribution in [0.3, 0.4) is 0 Å². The van der Waals surface area contributed by atoms with Crippen molar-refractivity contribution in [2.24, 2.45) is 0 Å². The van der Waals surface area contributed by atoms with E-state index in [4.69, 9.17) is 0 Å². The third-order valence-electron chi connectivity index (χ3n) is 5.27. The van der Waals surface area contributed by atoms with Crippen LogP contribution in [0.25, 0.3) is 0 Å². The number of rotatable bonds is 4. The van der Waals surface area contributed by atoms with Crippen molar-refractivity contribution in [3.05, 3.63) is 66.2 Å². The van der Waals surface area contributed by atoms with Crippen molar-refractivity contribution in [2.75, 3.05) is 29.5 Å². The van der Waals surface area contributed by atoms with Crippen molar-refractivity contribution in [3.63, 3.8) is 0 Å². The lowest BCUT2D eigenvalue weighted by Gasteiger charge is -2.43. The standard InChI is InChI=1S/C20H22N2O3S/c23-20-13-21(12-11-16-7-3-1-4-8-16)18-14-26(24,25)15-19(18)22(20)17-9-5-2-6-10-17/h1-10,18-19H,11-15H2/t18-,19+/m0/s1. The summed E-state index contributed by atoms with van der Waals surface area (Å²) in [7, 11) is -3.14. The van der Waals surface area contributed by atoms with Crippen LogP contribution in [-0.4, -0.2) is 55.9 Å². The lowest BCUT2D eigenvalue weighted by molar-refractivity contribution is -0.123. The molecule has 0 saturated carbocycles. The van der Waals surface area contributed by atoms with Crippen LogP contribution in [0.5, 0.6) is 0 Å². The number of carbonyl (C=O) groups is 1. The lowest BCUT2D eigenvalue weighted by Crippen LogP contribution is -2.62. The first-order chi connectivity index (χ1) is 12.5. The summed E-state index contributed by atoms with van der Waals surface area (Å²) in [5.74, 6) is 0.144. The van der Waals surface area contributed by atoms with Gasteiger partial charge in [0.1, 0.15) is 0 Å². The molecule has 0 N–H and O–H groups in total. The van der Waals surface area contributed by atoms with E-state index in [-0.39, 0.29) is 36.0 Å². The van der Waals surface area contributed by atoms with Gasteiger partial charge in [0.2, 0.25) is 5.91 Å². The van der Waals surface area contributed by atoms with Gasteiger partial charge in [-0.1, -0.05) is 48.5 Å². The third kappa shape index (κ3) is 3.39. The largest absolute Gasteiger partial charge is 0.306 e. The molecule has 0 unspecified atom stereocenters. The van der Waals surface area contributed by atoms with Crippen molar-refractivity contribution in [3.8, 4) is 0 Å². The van der Waals surface area contributed by atoms with E-state index in [0.717, 1.165) is 12.1 Å². The quantitative estimate of drug-likeness (QED) is 0.823. The van der Waals surface area contributed by atoms with Gasteiger partial charge in [-0.25, -0.2) is 8.42 Å². The van der Waals surface area contributed by atoms with E-state index < -0.39 is 9.84 Å². The molecule has 0 radical (unpaired) electrons. The molecule has 4 rings (SSSR count). The van der Waals surface area contributed by atoms with Crippen molar-refractivity contribution >= 4 is 21.4 Å². The van der Waals surface area contributed by atoms with Gasteiger partial charge in [-0.15, -0.1) is 0 Å². The van der Waals surface area contributed by atoms with Gasteiger partial charge in [0.25, 0.3) is 0 Å². The summed E-state index contributed by atoms with van der Waals surface area (Å²) in [5.41, 5.74) is 1.98. The van der Waals surface area contributed by atoms with E-state index in [1.807, 2.05) is 48.5 Å². The highest BCUT2D eigenvalue weighted by Crippen LogP contribution is 2.31. The summed E-state index contributed by atoms with van der Waals surface area (Å²) in [6.45, 7) is 0.952. The van der Waals surface area contributed by atoms with Gasteiger partial charge in [-0.3, -0.25) is 9.69 Å². The average molecular weight is 370 g/mol. The molecule has 6 heteroatoms. The van der Waals surface area contributed by atoms with E-state index in [0.29, 0.717) is 6.54 Å². The molecule has 0 bridgehead atoms. The van der Waals surface area contributed by atoms with Gasteiger partial charge in [-0.05, 0) is 24.1 Å². The number of amides is 1. The van der Waals surface area contributed by atoms with Crippen LogP contribution in [0.2, 0.25) is 0 Å². The Labute approximate surface area is 154 Å². The fourth-order valence-corrected chi connectivity index (χ4v) is 6.03. The Bertz CT molecular complexity index is 884. The highest BCUT2D eigenvalue weighted by molar-refractivity contribution is 7.91. The topological polar surface area (TPSA) is 57.7 Å². The van der Waals surface area contributed by atoms with Crippen molar-refractivity contribution in [1.82, 2.24) is 4.90 Å². The van der Waals surface area contributed by atoms with Crippen LogP contribution in [0.15, 0.2) is 60.7 Å². The highest BCUT2D eigenvalue weighted by Gasteiger charge is 2.49. The zero-order valence-corrected chi connectivity index (χ0v) is 15.3. The first-order valence-electron chi connectivity index (χ1n) is 8.89. The van der Waals surface area contributed by atoms with E-state index >= 15 is 0 Å². The third-order valence-corrected chi connectivity index (χ3v) is 6.96. The minimum atomic E-state index is -3.14. The molecule has 2 aliphatic heterocycles. The second-order valence-electron chi connectivity index (χ2n) is 7.02. The van der Waals surface area contributed by atoms with E-state index in [1.165, 1.54) is 5.56 Å². The normalized spacial score (nSPS) is 25.2. The Kier molecular flexibility index (Phi) is 4.54. The molecule has 5 nitrogen and oxygen atoms in total. The molecule has 2 aromatic carbocycles. The van der Waals surface area contributed by atoms with Crippen molar-refractivity contribution < 1.29 is 13.2 Å². The molecule has 1 amide bonds. The maximum absolute atomic E-state index is 12.9. The van der Waals surface area contributed by atoms with Gasteiger partial charge in [-0.2, -0.15) is 0 Å². The van der Waals surface area contributed by atoms with Crippen molar-refractivity contribution in [1.29, 1.82) is 0 Å². The molecule has 2 aliphatic rings. The fourth-order valence-electron chi connectivity index (χ4n) is 4.04. The molecule has 2 atom stereocenters. The van der Waals surface area contributed by atoms with Gasteiger partial charge in [0.15, 0.2) is 9.84 Å². The Balaban J connectivity index is 1.59. The first kappa shape index (κ1) is 17.2. The summed E-state index contributed by atoms with van der Waals surface area (Å²) >= 11 is 0. The number of para-hydroxylation sites is 1. The summed E-state index contributed by atoms with van der Waals surface area (Å²) in [4.78, 5) is 16.6. The molecule has 2 fully saturated rings. The van der Waals surface area contributed by atoms with Crippen LogP contribution in [0.1, 0.15) is 5.56 Å². The van der Waals surface area contributed by atoms with Gasteiger partial charge in [0, 0.05) is 18.3 Å². The molecule has 2 aromatic rings. The molecule has 2 heterocycles. The molecule has 26 heavy (non-hydrogen) atoms. The van der Waals surface area contributed by atoms with Gasteiger partial charge >= 0.3 is 0 Å². The van der Waals surface area contributed by atoms with Crippen LogP contribution in [-0.2, 0) is 21.1 Å². The van der Waals surface area contributed by atoms with Crippen LogP contribution < -0.4 is 4.90 Å². The minimum absolute atomic E-state index is 0.0254. The Morgan fingerprint density at radius 2 is 1.50 bits per heavy atom. The van der Waals surface area contributed by atoms with Crippen LogP contribution in [0, 0.1) is 0 Å². The average Bonchev–Trinajstić information content (AvgIpc) is 2.96. The van der Waals surface area contributed by atoms with E-state index in [1.54, 1.807) is 4.90 Å². The van der Waals surface area contributed by atoms with Gasteiger partial charge in [0.05, 0.1) is 24.1 Å². The predicted molar refractivity (Wildman–Crippen MR) is 102 cm³/mol. The summed E-state index contributed by atoms with van der Waals surface area (Å²) < 4.78 is 24.7. The second-order valence-corrected chi connectivity index (χ2v) is 9.17. The summed E-state index contributed by atoms with van der Waals surface area (Å²) in [6.07, 6.45) is 0.808. The summed E-state index contributed by atoms with van der Waals surface area (Å²) in [6, 6.07) is 19.0. The molecule has 0 aliphatic carbocycles. The maximum atomic E-state index is 12.9. The Hall–Kier alpha value is -2.18. The predicted octanol–water partition coefficient (Wildman–Crippen LogP) is 1.74. The fraction of sp³-hybridized carbons (Fsp3) is 0.350. The number of fused-ring (bicyclic) bond motifs is 1. The highest BCUT2D eigenvalue weighted by atomic mass is 32.2. The molecule has 0 spiro atoms. The number of hydrogen-bond acceptors (Lipinski definition) is 4. The van der Waals surface area contributed by atoms with Crippen molar-refractivity contribution in [2.45, 2.75) is 18.5 Å². The zero-order chi connectivity index (χ0) is 18.1. The van der Waals surface area contributed by atoms with Crippen LogP contribution in [0.4, 0.5) is 5.69 Å². The lowest BCUT2D eigenvalue weighted by atomic mass is 10.0. The molecule has 136 valence electrons. The number of anilines is 1. The molecule has 0 aromatic heterocycles. The number of benzene rings is 2. The monoisotopic (exact) mass is 370 g/mol. The number of nitrogens with zero attached hydrogens (tertiary/aromatic N) is 2. The maximum Gasteiger partial charge on any atom is 0.241 e. The Morgan fingerprint density at radius 1 is 0.885 bits per heavy atom. The SMILES string of the molecule is O=C1CN(CCc2ccccc2)[C@H]2CS(=O)(=O)C[C@H]2N1c1ccccc1. The van der Waals surface area contributed by atoms with E-state index in [9.17, 15) is 13.2 Å². The van der Waals surface area contributed by atoms with E-state index in [2.05, 4.69) is 17.0 Å². The Morgan fingerprint density at radius 3 is 2.19 bits per heavy atom.